The van der Waals surface area contributed by atoms with Gasteiger partial charge in [0, 0.05) is 24.4 Å². The Morgan fingerprint density at radius 1 is 1.40 bits per heavy atom. The minimum absolute atomic E-state index is 0.263. The molecule has 1 aliphatic rings. The van der Waals surface area contributed by atoms with E-state index in [1.807, 2.05) is 24.3 Å². The van der Waals surface area contributed by atoms with Crippen molar-refractivity contribution < 1.29 is 9.53 Å². The van der Waals surface area contributed by atoms with Gasteiger partial charge in [-0.25, -0.2) is 4.99 Å². The van der Waals surface area contributed by atoms with Crippen molar-refractivity contribution in [3.63, 3.8) is 0 Å². The summed E-state index contributed by atoms with van der Waals surface area (Å²) in [5.74, 6) is -0.121. The molecule has 1 N–H and O–H groups in total. The number of fused-ring (bicyclic) bond motifs is 1. The number of hydrogen-bond donors (Lipinski definition) is 1. The maximum absolute atomic E-state index is 10.7. The number of carbonyl (C=O) groups is 1. The summed E-state index contributed by atoms with van der Waals surface area (Å²) in [7, 11) is 0. The normalized spacial score (nSPS) is 13.3. The van der Waals surface area contributed by atoms with Crippen molar-refractivity contribution in [1.29, 1.82) is 0 Å². The summed E-state index contributed by atoms with van der Waals surface area (Å²) in [5, 5.41) is 3.02. The second-order valence-electron chi connectivity index (χ2n) is 3.07. The number of ether oxygens (including phenoxy) is 1. The molecule has 0 saturated carbocycles. The van der Waals surface area contributed by atoms with Crippen LogP contribution < -0.4 is 5.32 Å². The maximum atomic E-state index is 10.7. The van der Waals surface area contributed by atoms with Crippen molar-refractivity contribution in [3.8, 4) is 0 Å². The quantitative estimate of drug-likeness (QED) is 0.707. The maximum Gasteiger partial charge on any atom is 0.309 e. The van der Waals surface area contributed by atoms with Gasteiger partial charge in [-0.05, 0) is 6.07 Å². The standard InChI is InChI=1S/C11H10N2O2/c1-8(14)15-11-7-12-10-5-3-2-4-9(10)6-13-11/h2-7,12H,1H3. The molecule has 1 heterocycles. The van der Waals surface area contributed by atoms with Crippen molar-refractivity contribution in [2.45, 2.75) is 6.92 Å². The SMILES string of the molecule is CC(=O)OC1=CNc2ccccc2C=N1. The summed E-state index contributed by atoms with van der Waals surface area (Å²) in [4.78, 5) is 14.8. The largest absolute Gasteiger partial charge is 0.406 e. The van der Waals surface area contributed by atoms with Gasteiger partial charge in [-0.3, -0.25) is 4.79 Å². The van der Waals surface area contributed by atoms with Gasteiger partial charge in [0.15, 0.2) is 0 Å². The Labute approximate surface area is 87.3 Å². The van der Waals surface area contributed by atoms with Crippen molar-refractivity contribution >= 4 is 17.9 Å². The van der Waals surface area contributed by atoms with Crippen molar-refractivity contribution in [3.05, 3.63) is 41.9 Å². The molecular weight excluding hydrogens is 192 g/mol. The van der Waals surface area contributed by atoms with E-state index in [9.17, 15) is 4.79 Å². The number of hydrogen-bond acceptors (Lipinski definition) is 4. The summed E-state index contributed by atoms with van der Waals surface area (Å²) in [6.45, 7) is 1.34. The number of esters is 1. The van der Waals surface area contributed by atoms with Crippen LogP contribution in [0.3, 0.4) is 0 Å². The lowest BCUT2D eigenvalue weighted by Crippen LogP contribution is -1.98. The third-order valence-electron chi connectivity index (χ3n) is 1.89. The van der Waals surface area contributed by atoms with Crippen LogP contribution in [-0.4, -0.2) is 12.2 Å². The fourth-order valence-electron chi connectivity index (χ4n) is 1.25. The molecule has 0 aromatic heterocycles. The minimum atomic E-state index is -0.383. The Kier molecular flexibility index (Phi) is 2.49. The third kappa shape index (κ3) is 2.22. The van der Waals surface area contributed by atoms with E-state index in [1.165, 1.54) is 6.92 Å². The second kappa shape index (κ2) is 3.96. The van der Waals surface area contributed by atoms with Crippen LogP contribution in [-0.2, 0) is 9.53 Å². The molecule has 0 saturated heterocycles. The Bertz CT molecular complexity index is 450. The predicted molar refractivity (Wildman–Crippen MR) is 57.5 cm³/mol. The molecule has 4 heteroatoms. The predicted octanol–water partition coefficient (Wildman–Crippen LogP) is 1.89. The average Bonchev–Trinajstić information content (AvgIpc) is 2.41. The van der Waals surface area contributed by atoms with Gasteiger partial charge in [0.1, 0.15) is 0 Å². The van der Waals surface area contributed by atoms with Crippen LogP contribution >= 0.6 is 0 Å². The molecule has 15 heavy (non-hydrogen) atoms. The first-order chi connectivity index (χ1) is 7.25. The van der Waals surface area contributed by atoms with E-state index >= 15 is 0 Å². The zero-order valence-electron chi connectivity index (χ0n) is 8.23. The zero-order valence-corrected chi connectivity index (χ0v) is 8.23. The van der Waals surface area contributed by atoms with E-state index in [-0.39, 0.29) is 11.9 Å². The molecule has 2 rings (SSSR count). The Balaban J connectivity index is 2.25. The Morgan fingerprint density at radius 3 is 3.00 bits per heavy atom. The molecule has 0 spiro atoms. The highest BCUT2D eigenvalue weighted by molar-refractivity contribution is 5.89. The van der Waals surface area contributed by atoms with Gasteiger partial charge in [-0.1, -0.05) is 18.2 Å². The highest BCUT2D eigenvalue weighted by atomic mass is 16.5. The monoisotopic (exact) mass is 202 g/mol. The van der Waals surface area contributed by atoms with Gasteiger partial charge in [-0.15, -0.1) is 0 Å². The van der Waals surface area contributed by atoms with E-state index in [4.69, 9.17) is 4.74 Å². The van der Waals surface area contributed by atoms with Crippen LogP contribution in [0, 0.1) is 0 Å². The molecule has 0 aliphatic carbocycles. The van der Waals surface area contributed by atoms with Gasteiger partial charge < -0.3 is 10.1 Å². The molecule has 0 bridgehead atoms. The van der Waals surface area contributed by atoms with Crippen LogP contribution in [0.1, 0.15) is 12.5 Å². The van der Waals surface area contributed by atoms with Crippen molar-refractivity contribution in [1.82, 2.24) is 0 Å². The van der Waals surface area contributed by atoms with Crippen LogP contribution in [0.5, 0.6) is 0 Å². The summed E-state index contributed by atoms with van der Waals surface area (Å²) in [6, 6.07) is 7.69. The third-order valence-corrected chi connectivity index (χ3v) is 1.89. The van der Waals surface area contributed by atoms with E-state index in [2.05, 4.69) is 10.3 Å². The number of benzene rings is 1. The highest BCUT2D eigenvalue weighted by Gasteiger charge is 2.05. The number of nitrogens with one attached hydrogen (secondary N) is 1. The summed E-state index contributed by atoms with van der Waals surface area (Å²) in [6.07, 6.45) is 3.22. The van der Waals surface area contributed by atoms with Crippen LogP contribution in [0.4, 0.5) is 5.69 Å². The molecule has 0 unspecified atom stereocenters. The molecule has 1 aromatic carbocycles. The van der Waals surface area contributed by atoms with E-state index in [1.54, 1.807) is 12.4 Å². The number of nitrogens with zero attached hydrogens (tertiary/aromatic N) is 1. The van der Waals surface area contributed by atoms with E-state index in [0.717, 1.165) is 11.3 Å². The Hall–Kier alpha value is -2.10. The number of aliphatic imine (C=N–C) groups is 1. The van der Waals surface area contributed by atoms with Crippen LogP contribution in [0.15, 0.2) is 41.3 Å². The second-order valence-corrected chi connectivity index (χ2v) is 3.07. The lowest BCUT2D eigenvalue weighted by molar-refractivity contribution is -0.136. The summed E-state index contributed by atoms with van der Waals surface area (Å²) >= 11 is 0. The van der Waals surface area contributed by atoms with Gasteiger partial charge >= 0.3 is 5.97 Å². The lowest BCUT2D eigenvalue weighted by atomic mass is 10.2. The fourth-order valence-corrected chi connectivity index (χ4v) is 1.25. The molecular formula is C11H10N2O2. The number of carbonyl (C=O) groups excluding carboxylic acids is 1. The molecule has 76 valence electrons. The van der Waals surface area contributed by atoms with Crippen LogP contribution in [0.25, 0.3) is 0 Å². The van der Waals surface area contributed by atoms with Crippen molar-refractivity contribution in [2.24, 2.45) is 4.99 Å². The van der Waals surface area contributed by atoms with Gasteiger partial charge in [-0.2, -0.15) is 0 Å². The fraction of sp³-hybridized carbons (Fsp3) is 0.0909. The first kappa shape index (κ1) is 9.45. The molecule has 1 aromatic rings. The topological polar surface area (TPSA) is 50.7 Å². The van der Waals surface area contributed by atoms with Crippen molar-refractivity contribution in [2.75, 3.05) is 5.32 Å². The Morgan fingerprint density at radius 2 is 2.20 bits per heavy atom. The molecule has 1 aliphatic heterocycles. The first-order valence-corrected chi connectivity index (χ1v) is 4.54. The number of rotatable bonds is 1. The zero-order chi connectivity index (χ0) is 10.7. The number of anilines is 1. The highest BCUT2D eigenvalue weighted by Crippen LogP contribution is 2.16. The molecule has 0 atom stereocenters. The smallest absolute Gasteiger partial charge is 0.309 e. The average molecular weight is 202 g/mol. The molecule has 0 fully saturated rings. The summed E-state index contributed by atoms with van der Waals surface area (Å²) in [5.41, 5.74) is 1.89. The summed E-state index contributed by atoms with van der Waals surface area (Å²) < 4.78 is 4.86. The minimum Gasteiger partial charge on any atom is -0.406 e. The van der Waals surface area contributed by atoms with E-state index in [0.29, 0.717) is 0 Å². The van der Waals surface area contributed by atoms with Gasteiger partial charge in [0.25, 0.3) is 0 Å². The lowest BCUT2D eigenvalue weighted by Gasteiger charge is -2.01. The van der Waals surface area contributed by atoms with Gasteiger partial charge in [0.2, 0.25) is 5.88 Å². The molecule has 0 amide bonds. The molecule has 0 radical (unpaired) electrons. The van der Waals surface area contributed by atoms with Crippen LogP contribution in [0.2, 0.25) is 0 Å². The van der Waals surface area contributed by atoms with E-state index < -0.39 is 0 Å². The first-order valence-electron chi connectivity index (χ1n) is 4.54. The molecule has 4 nitrogen and oxygen atoms in total. The number of para-hydroxylation sites is 1. The van der Waals surface area contributed by atoms with Gasteiger partial charge in [0.05, 0.1) is 6.20 Å².